The molecule has 1 aliphatic rings. The zero-order chi connectivity index (χ0) is 22.8. The molecule has 8 heteroatoms. The molecule has 0 radical (unpaired) electrons. The normalized spacial score (nSPS) is 14.4. The van der Waals surface area contributed by atoms with E-state index >= 15 is 0 Å². The van der Waals surface area contributed by atoms with E-state index < -0.39 is 0 Å². The summed E-state index contributed by atoms with van der Waals surface area (Å²) in [5, 5.41) is 9.94. The molecule has 1 atom stereocenters. The number of aromatic amines is 1. The van der Waals surface area contributed by atoms with Crippen molar-refractivity contribution in [2.24, 2.45) is 0 Å². The van der Waals surface area contributed by atoms with Crippen LogP contribution in [0.4, 0.5) is 5.13 Å². The molecule has 0 aliphatic carbocycles. The van der Waals surface area contributed by atoms with E-state index in [1.54, 1.807) is 6.20 Å². The van der Waals surface area contributed by atoms with Crippen molar-refractivity contribution < 1.29 is 7.65 Å². The molecule has 1 amide bonds. The van der Waals surface area contributed by atoms with Gasteiger partial charge in [-0.2, -0.15) is 5.10 Å². The molecule has 4 aromatic rings. The Hall–Kier alpha value is -3.13. The Bertz CT molecular complexity index is 1270. The van der Waals surface area contributed by atoms with Gasteiger partial charge in [-0.1, -0.05) is 49.3 Å². The standard InChI is InChI=1S/C25H30N6OS.2H2/c1-3-4-7-19(13-18-14-26-22-9-6-5-8-21(18)22)28-24(32)23-15-27-25(33-23)30-10-11-31-20(16-30)12-17(2)29-31;;/h5-6,8-9,12,14-15,19,26H,3-4,7,10-11,13,16H2,1-2H3,(H,28,32);2*1H. The number of aryl methyl sites for hydroxylation is 1. The number of carbonyl (C=O) groups is 1. The van der Waals surface area contributed by atoms with Crippen LogP contribution in [0.25, 0.3) is 10.9 Å². The molecule has 0 bridgehead atoms. The molecule has 33 heavy (non-hydrogen) atoms. The lowest BCUT2D eigenvalue weighted by Gasteiger charge is -2.27. The van der Waals surface area contributed by atoms with Crippen LogP contribution in [0.15, 0.2) is 42.7 Å². The minimum absolute atomic E-state index is 0. The van der Waals surface area contributed by atoms with Gasteiger partial charge in [-0.15, -0.1) is 0 Å². The fourth-order valence-corrected chi connectivity index (χ4v) is 5.43. The maximum Gasteiger partial charge on any atom is 0.263 e. The maximum atomic E-state index is 13.1. The number of fused-ring (bicyclic) bond motifs is 2. The van der Waals surface area contributed by atoms with E-state index in [1.165, 1.54) is 28.0 Å². The largest absolute Gasteiger partial charge is 0.361 e. The number of nitrogens with zero attached hydrogens (tertiary/aromatic N) is 4. The third-order valence-corrected chi connectivity index (χ3v) is 7.35. The van der Waals surface area contributed by atoms with Crippen LogP contribution in [0.5, 0.6) is 0 Å². The van der Waals surface area contributed by atoms with Crippen LogP contribution >= 0.6 is 11.3 Å². The van der Waals surface area contributed by atoms with Crippen molar-refractivity contribution in [3.05, 3.63) is 64.6 Å². The van der Waals surface area contributed by atoms with Gasteiger partial charge in [0.15, 0.2) is 5.13 Å². The molecule has 7 nitrogen and oxygen atoms in total. The number of nitrogens with one attached hydrogen (secondary N) is 2. The van der Waals surface area contributed by atoms with Crippen LogP contribution in [0.2, 0.25) is 0 Å². The zero-order valence-corrected chi connectivity index (χ0v) is 20.0. The molecule has 0 spiro atoms. The van der Waals surface area contributed by atoms with Crippen LogP contribution < -0.4 is 10.2 Å². The zero-order valence-electron chi connectivity index (χ0n) is 19.2. The lowest BCUT2D eigenvalue weighted by atomic mass is 10.0. The van der Waals surface area contributed by atoms with E-state index in [1.807, 2.05) is 13.0 Å². The predicted molar refractivity (Wildman–Crippen MR) is 137 cm³/mol. The fourth-order valence-electron chi connectivity index (χ4n) is 4.59. The molecule has 4 heterocycles. The van der Waals surface area contributed by atoms with E-state index in [4.69, 9.17) is 0 Å². The van der Waals surface area contributed by atoms with Crippen molar-refractivity contribution in [1.29, 1.82) is 0 Å². The van der Waals surface area contributed by atoms with Crippen molar-refractivity contribution in [2.75, 3.05) is 11.4 Å². The van der Waals surface area contributed by atoms with Gasteiger partial charge in [0.25, 0.3) is 5.91 Å². The average molecular weight is 467 g/mol. The van der Waals surface area contributed by atoms with Crippen molar-refractivity contribution in [3.63, 3.8) is 0 Å². The van der Waals surface area contributed by atoms with Gasteiger partial charge in [0, 0.05) is 32.5 Å². The van der Waals surface area contributed by atoms with Crippen molar-refractivity contribution >= 4 is 33.3 Å². The van der Waals surface area contributed by atoms with Gasteiger partial charge < -0.3 is 15.2 Å². The molecule has 1 aliphatic heterocycles. The Morgan fingerprint density at radius 1 is 1.33 bits per heavy atom. The van der Waals surface area contributed by atoms with E-state index in [2.05, 4.69) is 67.4 Å². The SMILES string of the molecule is CCCCC(Cc1c[nH]c2ccccc12)NC(=O)c1cnc(N2CCn3nc(C)cc3C2)s1.[HH].[HH]. The molecule has 176 valence electrons. The van der Waals surface area contributed by atoms with Gasteiger partial charge in [0.1, 0.15) is 4.88 Å². The highest BCUT2D eigenvalue weighted by molar-refractivity contribution is 7.17. The summed E-state index contributed by atoms with van der Waals surface area (Å²) in [5.41, 5.74) is 4.62. The summed E-state index contributed by atoms with van der Waals surface area (Å²) >= 11 is 1.47. The lowest BCUT2D eigenvalue weighted by Crippen LogP contribution is -2.36. The Morgan fingerprint density at radius 2 is 2.21 bits per heavy atom. The first-order valence-electron chi connectivity index (χ1n) is 11.7. The van der Waals surface area contributed by atoms with E-state index in [-0.39, 0.29) is 14.8 Å². The second-order valence-corrected chi connectivity index (χ2v) is 9.81. The summed E-state index contributed by atoms with van der Waals surface area (Å²) in [6.45, 7) is 6.67. The Morgan fingerprint density at radius 3 is 3.09 bits per heavy atom. The number of benzene rings is 1. The number of amides is 1. The minimum atomic E-state index is -0.0300. The highest BCUT2D eigenvalue weighted by Crippen LogP contribution is 2.27. The number of anilines is 1. The second-order valence-electron chi connectivity index (χ2n) is 8.81. The number of carbonyl (C=O) groups excluding carboxylic acids is 1. The summed E-state index contributed by atoms with van der Waals surface area (Å²) in [5.74, 6) is -0.0300. The van der Waals surface area contributed by atoms with Crippen LogP contribution in [-0.4, -0.2) is 38.2 Å². The number of thiazole rings is 1. The number of hydrogen-bond acceptors (Lipinski definition) is 5. The smallest absolute Gasteiger partial charge is 0.263 e. The Kier molecular flexibility index (Phi) is 6.17. The first kappa shape index (κ1) is 21.7. The number of para-hydroxylation sites is 1. The Labute approximate surface area is 200 Å². The van der Waals surface area contributed by atoms with E-state index in [0.29, 0.717) is 4.88 Å². The Balaban J connectivity index is 0.00000171. The predicted octanol–water partition coefficient (Wildman–Crippen LogP) is 5.17. The minimum Gasteiger partial charge on any atom is -0.361 e. The highest BCUT2D eigenvalue weighted by atomic mass is 32.1. The second kappa shape index (κ2) is 9.39. The van der Waals surface area contributed by atoms with E-state index in [0.717, 1.165) is 61.7 Å². The monoisotopic (exact) mass is 466 g/mol. The molecule has 3 aromatic heterocycles. The van der Waals surface area contributed by atoms with Gasteiger partial charge in [-0.25, -0.2) is 4.98 Å². The first-order valence-corrected chi connectivity index (χ1v) is 12.5. The lowest BCUT2D eigenvalue weighted by molar-refractivity contribution is 0.0938. The van der Waals surface area contributed by atoms with Crippen LogP contribution in [0, 0.1) is 6.92 Å². The molecule has 2 N–H and O–H groups in total. The molecule has 5 rings (SSSR count). The van der Waals surface area contributed by atoms with Gasteiger partial charge >= 0.3 is 0 Å². The van der Waals surface area contributed by atoms with Crippen LogP contribution in [-0.2, 0) is 19.5 Å². The molecule has 0 saturated heterocycles. The van der Waals surface area contributed by atoms with Crippen LogP contribution in [0.3, 0.4) is 0 Å². The fraction of sp³-hybridized carbons (Fsp3) is 0.400. The van der Waals surface area contributed by atoms with E-state index in [9.17, 15) is 4.79 Å². The van der Waals surface area contributed by atoms with Crippen LogP contribution in [0.1, 0.15) is 55.7 Å². The van der Waals surface area contributed by atoms with Crippen molar-refractivity contribution in [2.45, 2.75) is 58.7 Å². The van der Waals surface area contributed by atoms with Gasteiger partial charge in [0.05, 0.1) is 30.7 Å². The summed E-state index contributed by atoms with van der Waals surface area (Å²) < 4.78 is 2.07. The topological polar surface area (TPSA) is 78.8 Å². The average Bonchev–Trinajstić information content (AvgIpc) is 3.55. The highest BCUT2D eigenvalue weighted by Gasteiger charge is 2.23. The summed E-state index contributed by atoms with van der Waals surface area (Å²) in [6, 6.07) is 10.5. The molecule has 0 fully saturated rings. The number of H-pyrrole nitrogens is 1. The maximum absolute atomic E-state index is 13.1. The third-order valence-electron chi connectivity index (χ3n) is 6.29. The molecular weight excluding hydrogens is 432 g/mol. The molecular formula is C25H34N6OS. The number of hydrogen-bond donors (Lipinski definition) is 2. The summed E-state index contributed by atoms with van der Waals surface area (Å²) in [4.78, 5) is 24.0. The summed E-state index contributed by atoms with van der Waals surface area (Å²) in [7, 11) is 0. The first-order chi connectivity index (χ1) is 16.1. The third kappa shape index (κ3) is 4.66. The molecule has 1 aromatic carbocycles. The summed E-state index contributed by atoms with van der Waals surface area (Å²) in [6.07, 6.45) is 7.76. The van der Waals surface area contributed by atoms with Gasteiger partial charge in [-0.3, -0.25) is 9.48 Å². The number of unbranched alkanes of at least 4 members (excludes halogenated alkanes) is 1. The van der Waals surface area contributed by atoms with Crippen molar-refractivity contribution in [1.82, 2.24) is 25.1 Å². The quantitative estimate of drug-likeness (QED) is 0.375. The number of rotatable bonds is 8. The number of aromatic nitrogens is 4. The van der Waals surface area contributed by atoms with Gasteiger partial charge in [0.2, 0.25) is 0 Å². The van der Waals surface area contributed by atoms with Gasteiger partial charge in [-0.05, 0) is 37.5 Å². The van der Waals surface area contributed by atoms with Crippen molar-refractivity contribution in [3.8, 4) is 0 Å². The molecule has 1 unspecified atom stereocenters. The molecule has 0 saturated carbocycles.